The van der Waals surface area contributed by atoms with Crippen LogP contribution in [0.15, 0.2) is 11.1 Å². The van der Waals surface area contributed by atoms with Crippen LogP contribution in [0.2, 0.25) is 0 Å². The Morgan fingerprint density at radius 1 is 1.10 bits per heavy atom. The van der Waals surface area contributed by atoms with Crippen molar-refractivity contribution in [3.63, 3.8) is 0 Å². The predicted molar refractivity (Wildman–Crippen MR) is 59.9 cm³/mol. The summed E-state index contributed by atoms with van der Waals surface area (Å²) in [4.78, 5) is 11.2. The van der Waals surface area contributed by atoms with Crippen molar-refractivity contribution in [3.05, 3.63) is 11.1 Å². The molecule has 0 atom stereocenters. The van der Waals surface area contributed by atoms with Crippen LogP contribution in [0.5, 0.6) is 0 Å². The Kier molecular flexibility index (Phi) is 6.03. The second-order valence-corrected chi connectivity index (χ2v) is 6.29. The second kappa shape index (κ2) is 6.30. The molecule has 0 aromatic heterocycles. The molecular weight excluding hydrogens is 314 g/mol. The molecule has 0 saturated carbocycles. The van der Waals surface area contributed by atoms with Crippen molar-refractivity contribution in [3.8, 4) is 0 Å². The number of hydrogen-bond acceptors (Lipinski definition) is 5. The van der Waals surface area contributed by atoms with E-state index < -0.39 is 37.5 Å². The van der Waals surface area contributed by atoms with E-state index in [9.17, 15) is 26.6 Å². The third kappa shape index (κ3) is 3.43. The summed E-state index contributed by atoms with van der Waals surface area (Å²) >= 11 is 0. The molecular formula is C9H14F5O5P. The molecule has 0 aromatic carbocycles. The van der Waals surface area contributed by atoms with Gasteiger partial charge in [-0.15, -0.1) is 0 Å². The number of rotatable bonds is 6. The van der Waals surface area contributed by atoms with Crippen LogP contribution in [0.3, 0.4) is 0 Å². The van der Waals surface area contributed by atoms with Crippen LogP contribution in [-0.2, 0) is 23.1 Å². The third-order valence-electron chi connectivity index (χ3n) is 2.21. The van der Waals surface area contributed by atoms with Gasteiger partial charge in [0.05, 0.1) is 0 Å². The first-order valence-corrected chi connectivity index (χ1v) is 6.96. The van der Waals surface area contributed by atoms with E-state index in [-0.39, 0.29) is 0 Å². The molecule has 0 aliphatic carbocycles. The average molecular weight is 328 g/mol. The molecule has 0 rings (SSSR count). The average Bonchev–Trinajstić information content (AvgIpc) is 2.37. The molecule has 0 bridgehead atoms. The van der Waals surface area contributed by atoms with Crippen LogP contribution in [0.25, 0.3) is 0 Å². The predicted octanol–water partition coefficient (Wildman–Crippen LogP) is 3.41. The summed E-state index contributed by atoms with van der Waals surface area (Å²) in [6.45, 7) is 0.725. The minimum absolute atomic E-state index is 0.471. The Morgan fingerprint density at radius 3 is 1.75 bits per heavy atom. The fraction of sp³-hybridized carbons (Fsp3) is 0.667. The van der Waals surface area contributed by atoms with Gasteiger partial charge in [-0.25, -0.2) is 0 Å². The molecule has 0 heterocycles. The number of carbonyl (C=O) groups is 1. The van der Waals surface area contributed by atoms with Crippen LogP contribution in [0.1, 0.15) is 6.92 Å². The maximum absolute atomic E-state index is 14.5. The zero-order valence-electron chi connectivity index (χ0n) is 11.1. The van der Waals surface area contributed by atoms with Crippen molar-refractivity contribution in [2.24, 2.45) is 0 Å². The van der Waals surface area contributed by atoms with Gasteiger partial charge < -0.3 is 0 Å². The summed E-state index contributed by atoms with van der Waals surface area (Å²) in [6, 6.07) is 0. The summed E-state index contributed by atoms with van der Waals surface area (Å²) in [6.07, 6.45) is -5.53. The van der Waals surface area contributed by atoms with Crippen molar-refractivity contribution >= 4 is 13.6 Å². The summed E-state index contributed by atoms with van der Waals surface area (Å²) < 4.78 is 83.0. The molecule has 0 aromatic rings. The molecule has 0 amide bonds. The van der Waals surface area contributed by atoms with Gasteiger partial charge >= 0.3 is 111 Å². The van der Waals surface area contributed by atoms with Crippen molar-refractivity contribution < 1.29 is 44.9 Å². The Balaban J connectivity index is 6.28. The van der Waals surface area contributed by atoms with E-state index in [4.69, 9.17) is 0 Å². The number of alkyl halides is 3. The first-order valence-electron chi connectivity index (χ1n) is 5.08. The van der Waals surface area contributed by atoms with Crippen LogP contribution >= 0.6 is 7.59 Å². The number of ether oxygens (including phenoxy) is 1. The van der Waals surface area contributed by atoms with Gasteiger partial charge in [0.15, 0.2) is 0 Å². The van der Waals surface area contributed by atoms with Crippen molar-refractivity contribution in [1.82, 2.24) is 0 Å². The fourth-order valence-corrected chi connectivity index (χ4v) is 2.67. The van der Waals surface area contributed by atoms with Gasteiger partial charge in [-0.2, -0.15) is 0 Å². The van der Waals surface area contributed by atoms with E-state index in [1.807, 2.05) is 0 Å². The van der Waals surface area contributed by atoms with E-state index in [0.717, 1.165) is 0 Å². The number of esters is 1. The molecule has 0 aliphatic heterocycles. The van der Waals surface area contributed by atoms with Gasteiger partial charge in [0.25, 0.3) is 0 Å². The van der Waals surface area contributed by atoms with Crippen molar-refractivity contribution in [2.45, 2.75) is 13.1 Å². The minimum atomic E-state index is -6.38. The van der Waals surface area contributed by atoms with E-state index in [1.54, 1.807) is 0 Å². The molecule has 20 heavy (non-hydrogen) atoms. The molecule has 11 heteroatoms. The number of carbonyl (C=O) groups excluding carboxylic acids is 1. The molecule has 0 spiro atoms. The summed E-state index contributed by atoms with van der Waals surface area (Å²) in [7, 11) is -4.74. The van der Waals surface area contributed by atoms with Crippen LogP contribution in [-0.4, -0.2) is 40.1 Å². The zero-order chi connectivity index (χ0) is 16.2. The third-order valence-corrected chi connectivity index (χ3v) is 4.92. The number of hydrogen-bond donors (Lipinski definition) is 0. The SMILES string of the molecule is CCOC(=O)/C(=C(/F)P(F)(OC)(OC)OC)C(F)(F)F. The summed E-state index contributed by atoms with van der Waals surface area (Å²) in [5.74, 6) is -2.10. The fourth-order valence-electron chi connectivity index (χ4n) is 1.16. The van der Waals surface area contributed by atoms with Gasteiger partial charge in [-0.3, -0.25) is 0 Å². The maximum atomic E-state index is 14.5. The summed E-state index contributed by atoms with van der Waals surface area (Å²) in [5.41, 5.74) is -5.14. The van der Waals surface area contributed by atoms with E-state index in [1.165, 1.54) is 6.92 Å². The quantitative estimate of drug-likeness (QED) is 0.324. The van der Waals surface area contributed by atoms with E-state index >= 15 is 0 Å². The normalized spacial score (nSPS) is 16.1. The van der Waals surface area contributed by atoms with Gasteiger partial charge in [-0.05, 0) is 0 Å². The monoisotopic (exact) mass is 328 g/mol. The van der Waals surface area contributed by atoms with Gasteiger partial charge in [-0.1, -0.05) is 0 Å². The Hall–Kier alpha value is -0.830. The second-order valence-electron chi connectivity index (χ2n) is 3.22. The topological polar surface area (TPSA) is 54.0 Å². The first-order chi connectivity index (χ1) is 9.00. The van der Waals surface area contributed by atoms with Crippen LogP contribution in [0, 0.1) is 0 Å². The molecule has 0 unspecified atom stereocenters. The van der Waals surface area contributed by atoms with Crippen LogP contribution in [0.4, 0.5) is 21.8 Å². The zero-order valence-corrected chi connectivity index (χ0v) is 12.0. The van der Waals surface area contributed by atoms with Gasteiger partial charge in [0.1, 0.15) is 0 Å². The van der Waals surface area contributed by atoms with E-state index in [0.29, 0.717) is 21.3 Å². The molecule has 5 nitrogen and oxygen atoms in total. The molecule has 0 saturated heterocycles. The Bertz CT molecular complexity index is 393. The standard InChI is InChI=1S/C9H14F5O5P/c1-5-19-8(15)6(9(11,12)13)7(10)20(14,16-2,17-3)18-4/h5H2,1-4H3/b7-6+. The van der Waals surface area contributed by atoms with Crippen molar-refractivity contribution in [2.75, 3.05) is 27.9 Å². The molecule has 120 valence electrons. The molecule has 0 N–H and O–H groups in total. The van der Waals surface area contributed by atoms with Crippen molar-refractivity contribution in [1.29, 1.82) is 0 Å². The number of halogens is 5. The molecule has 0 aliphatic rings. The van der Waals surface area contributed by atoms with E-state index in [2.05, 4.69) is 18.3 Å². The van der Waals surface area contributed by atoms with Crippen LogP contribution < -0.4 is 0 Å². The Labute approximate surface area is 111 Å². The summed E-state index contributed by atoms with van der Waals surface area (Å²) in [5, 5.41) is 0. The van der Waals surface area contributed by atoms with Gasteiger partial charge in [0, 0.05) is 0 Å². The molecule has 0 fully saturated rings. The first kappa shape index (κ1) is 19.2. The van der Waals surface area contributed by atoms with Gasteiger partial charge in [0.2, 0.25) is 0 Å². The Morgan fingerprint density at radius 2 is 1.50 bits per heavy atom. The molecule has 0 radical (unpaired) electrons.